The first-order valence-corrected chi connectivity index (χ1v) is 14.7. The second-order valence-corrected chi connectivity index (χ2v) is 14.7. The molecule has 236 valence electrons. The van der Waals surface area contributed by atoms with Crippen LogP contribution in [0.1, 0.15) is 69.2 Å². The highest BCUT2D eigenvalue weighted by Gasteiger charge is 2.38. The molecule has 19 heteroatoms. The molecule has 0 aromatic rings. The number of hydrogen-bond donors (Lipinski definition) is 2. The Morgan fingerprint density at radius 2 is 0.854 bits per heavy atom. The van der Waals surface area contributed by atoms with Crippen LogP contribution in [0.2, 0.25) is 0 Å². The number of aliphatic carboxylic acids is 2. The van der Waals surface area contributed by atoms with Gasteiger partial charge in [-0.25, -0.2) is 19.2 Å². The highest BCUT2D eigenvalue weighted by atomic mass is 32.3. The topological polar surface area (TPSA) is 248 Å². The van der Waals surface area contributed by atoms with Gasteiger partial charge in [0.15, 0.2) is 11.4 Å². The highest BCUT2D eigenvalue weighted by molar-refractivity contribution is 8.00. The second-order valence-electron chi connectivity index (χ2n) is 11.4. The minimum atomic E-state index is -5.31. The van der Waals surface area contributed by atoms with Crippen LogP contribution in [0, 0.1) is 0 Å². The third-order valence-corrected chi connectivity index (χ3v) is 6.79. The van der Waals surface area contributed by atoms with Crippen LogP contribution in [0.3, 0.4) is 0 Å². The molecule has 0 aromatic carbocycles. The van der Waals surface area contributed by atoms with Crippen molar-refractivity contribution in [1.82, 2.24) is 0 Å². The van der Waals surface area contributed by atoms with Crippen LogP contribution in [0.15, 0.2) is 10.3 Å². The number of nitrogens with zero attached hydrogens (tertiary/aromatic N) is 2. The van der Waals surface area contributed by atoms with Gasteiger partial charge in [-0.1, -0.05) is 10.3 Å². The number of carbonyl (C=O) groups is 4. The molecule has 0 rings (SSSR count). The Kier molecular flexibility index (Phi) is 12.0. The zero-order valence-electron chi connectivity index (χ0n) is 24.3. The summed E-state index contributed by atoms with van der Waals surface area (Å²) in [6.07, 6.45) is 0. The summed E-state index contributed by atoms with van der Waals surface area (Å²) in [6.45, 7) is 13.9. The van der Waals surface area contributed by atoms with Crippen LogP contribution in [-0.2, 0) is 62.2 Å². The van der Waals surface area contributed by atoms with Gasteiger partial charge in [-0.3, -0.25) is 0 Å². The zero-order valence-corrected chi connectivity index (χ0v) is 26.0. The van der Waals surface area contributed by atoms with Crippen molar-refractivity contribution >= 4 is 55.5 Å². The van der Waals surface area contributed by atoms with E-state index in [1.807, 2.05) is 0 Å². The maximum absolute atomic E-state index is 12.3. The molecule has 0 aliphatic heterocycles. The van der Waals surface area contributed by atoms with E-state index in [2.05, 4.69) is 13.9 Å². The van der Waals surface area contributed by atoms with Gasteiger partial charge in [-0.05, 0) is 69.2 Å². The Balaban J connectivity index is 5.81. The lowest BCUT2D eigenvalue weighted by atomic mass is 10.1. The summed E-state index contributed by atoms with van der Waals surface area (Å²) >= 11 is 0. The number of carbonyl (C=O) groups excluding carboxylic acids is 2. The summed E-state index contributed by atoms with van der Waals surface area (Å²) in [5, 5.41) is 24.8. The number of carboxylic acids is 2. The fraction of sp³-hybridized carbons (Fsp3) is 0.727. The molecule has 0 aliphatic carbocycles. The molecule has 0 aliphatic rings. The second kappa shape index (κ2) is 13.1. The van der Waals surface area contributed by atoms with Crippen molar-refractivity contribution in [3.8, 4) is 0 Å². The molecule has 0 bridgehead atoms. The quantitative estimate of drug-likeness (QED) is 0.153. The molecule has 17 nitrogen and oxygen atoms in total. The Hall–Kier alpha value is -3.32. The van der Waals surface area contributed by atoms with E-state index < -0.39 is 89.4 Å². The fourth-order valence-electron chi connectivity index (χ4n) is 2.01. The molecule has 0 fully saturated rings. The molecule has 0 unspecified atom stereocenters. The van der Waals surface area contributed by atoms with Crippen LogP contribution in [-0.4, -0.2) is 96.3 Å². The molecule has 0 spiro atoms. The summed E-state index contributed by atoms with van der Waals surface area (Å²) in [5.41, 5.74) is -8.23. The molecule has 0 radical (unpaired) electrons. The normalized spacial score (nSPS) is 14.2. The number of carboxylic acid groups (broad SMARTS) is 2. The Bertz CT molecular complexity index is 1200. The predicted molar refractivity (Wildman–Crippen MR) is 141 cm³/mol. The van der Waals surface area contributed by atoms with Crippen molar-refractivity contribution in [2.75, 3.05) is 11.5 Å². The third-order valence-electron chi connectivity index (χ3n) is 3.88. The molecule has 2 N–H and O–H groups in total. The Morgan fingerprint density at radius 3 is 1.07 bits per heavy atom. The number of ether oxygens (including phenoxy) is 2. The summed E-state index contributed by atoms with van der Waals surface area (Å²) < 4.78 is 63.5. The molecular weight excluding hydrogens is 596 g/mol. The van der Waals surface area contributed by atoms with Gasteiger partial charge >= 0.3 is 23.9 Å². The average Bonchev–Trinajstić information content (AvgIpc) is 2.70. The van der Waals surface area contributed by atoms with Gasteiger partial charge in [0, 0.05) is 0 Å². The van der Waals surface area contributed by atoms with Crippen molar-refractivity contribution in [2.24, 2.45) is 10.3 Å². The smallest absolute Gasteiger partial charge is 0.354 e. The lowest BCUT2D eigenvalue weighted by Gasteiger charge is -2.26. The molecular formula is C22H36N2O15S2. The molecule has 0 aromatic heterocycles. The van der Waals surface area contributed by atoms with E-state index in [1.54, 1.807) is 41.5 Å². The van der Waals surface area contributed by atoms with Crippen LogP contribution in [0.25, 0.3) is 0 Å². The number of rotatable bonds is 14. The van der Waals surface area contributed by atoms with E-state index in [4.69, 9.17) is 19.1 Å². The maximum Gasteiger partial charge on any atom is 0.354 e. The van der Waals surface area contributed by atoms with Crippen molar-refractivity contribution in [2.45, 2.75) is 91.6 Å². The van der Waals surface area contributed by atoms with Crippen molar-refractivity contribution in [3.05, 3.63) is 0 Å². The lowest BCUT2D eigenvalue weighted by Crippen LogP contribution is -2.40. The number of esters is 2. The Labute approximate surface area is 238 Å². The van der Waals surface area contributed by atoms with E-state index >= 15 is 0 Å². The first-order chi connectivity index (χ1) is 18.0. The first kappa shape index (κ1) is 37.7. The van der Waals surface area contributed by atoms with E-state index in [1.165, 1.54) is 0 Å². The maximum atomic E-state index is 12.3. The number of hydrogen-bond acceptors (Lipinski definition) is 15. The van der Waals surface area contributed by atoms with Crippen molar-refractivity contribution in [1.29, 1.82) is 0 Å². The van der Waals surface area contributed by atoms with Gasteiger partial charge < -0.3 is 29.4 Å². The summed E-state index contributed by atoms with van der Waals surface area (Å²) in [4.78, 5) is 57.2. The summed E-state index contributed by atoms with van der Waals surface area (Å²) in [5.74, 6) is -9.24. The standard InChI is InChI=1S/C22H36N2O15S2/c1-19(2,3)35-17(29)21(7,8)37-23-13(15(25)26)11-40(31,32)39-41(33,34)12-14(16(27)28)24-38-22(9,10)18(30)36-20(4,5)6/h11-12H2,1-10H3,(H,25,26)(H,27,28). The minimum Gasteiger partial charge on any atom is -0.477 e. The fourth-order valence-corrected chi connectivity index (χ4v) is 4.68. The van der Waals surface area contributed by atoms with Gasteiger partial charge in [-0.15, -0.1) is 3.63 Å². The van der Waals surface area contributed by atoms with E-state index in [-0.39, 0.29) is 0 Å². The number of oxime groups is 2. The molecule has 0 heterocycles. The van der Waals surface area contributed by atoms with E-state index in [9.17, 15) is 46.2 Å². The lowest BCUT2D eigenvalue weighted by molar-refractivity contribution is -0.180. The zero-order chi connectivity index (χ0) is 32.8. The van der Waals surface area contributed by atoms with Crippen molar-refractivity contribution in [3.63, 3.8) is 0 Å². The Morgan fingerprint density at radius 1 is 0.585 bits per heavy atom. The minimum absolute atomic E-state index is 0.947. The summed E-state index contributed by atoms with van der Waals surface area (Å²) in [7, 11) is -10.6. The molecule has 0 saturated heterocycles. The SMILES string of the molecule is CC(C)(C)OC(=O)C(C)(C)ON=C(CS(=O)(=O)OS(=O)(=O)CC(=NOC(C)(C)C(=O)OC(C)(C)C)C(=O)O)C(=O)O. The van der Waals surface area contributed by atoms with Gasteiger partial charge in [-0.2, -0.15) is 16.8 Å². The largest absolute Gasteiger partial charge is 0.477 e. The van der Waals surface area contributed by atoms with Gasteiger partial charge in [0.05, 0.1) is 0 Å². The van der Waals surface area contributed by atoms with Gasteiger partial charge in [0.2, 0.25) is 11.2 Å². The monoisotopic (exact) mass is 632 g/mol. The molecule has 41 heavy (non-hydrogen) atoms. The van der Waals surface area contributed by atoms with E-state index in [0.29, 0.717) is 0 Å². The first-order valence-electron chi connectivity index (χ1n) is 11.6. The summed E-state index contributed by atoms with van der Waals surface area (Å²) in [6, 6.07) is 0. The van der Waals surface area contributed by atoms with Gasteiger partial charge in [0.1, 0.15) is 22.7 Å². The van der Waals surface area contributed by atoms with Crippen LogP contribution in [0.4, 0.5) is 0 Å². The van der Waals surface area contributed by atoms with Crippen LogP contribution < -0.4 is 0 Å². The van der Waals surface area contributed by atoms with Crippen LogP contribution in [0.5, 0.6) is 0 Å². The molecule has 0 saturated carbocycles. The highest BCUT2D eigenvalue weighted by Crippen LogP contribution is 2.19. The predicted octanol–water partition coefficient (Wildman–Crippen LogP) is 0.818. The van der Waals surface area contributed by atoms with Crippen LogP contribution >= 0.6 is 0 Å². The third kappa shape index (κ3) is 14.8. The van der Waals surface area contributed by atoms with E-state index in [0.717, 1.165) is 27.7 Å². The molecule has 0 atom stereocenters. The average molecular weight is 633 g/mol. The molecule has 0 amide bonds. The van der Waals surface area contributed by atoms with Crippen molar-refractivity contribution < 1.29 is 69.0 Å². The van der Waals surface area contributed by atoms with Gasteiger partial charge in [0.25, 0.3) is 20.2 Å².